The SMILES string of the molecule is CNC(COC(C)(C)C)c1ccc(OC)c(OC)c1. The highest BCUT2D eigenvalue weighted by atomic mass is 16.5. The lowest BCUT2D eigenvalue weighted by Crippen LogP contribution is -2.28. The first-order valence-electron chi connectivity index (χ1n) is 6.44. The summed E-state index contributed by atoms with van der Waals surface area (Å²) >= 11 is 0. The molecule has 0 aromatic heterocycles. The predicted molar refractivity (Wildman–Crippen MR) is 77.1 cm³/mol. The minimum atomic E-state index is -0.147. The van der Waals surface area contributed by atoms with Gasteiger partial charge in [-0.3, -0.25) is 0 Å². The van der Waals surface area contributed by atoms with Crippen LogP contribution in [-0.2, 0) is 4.74 Å². The van der Waals surface area contributed by atoms with Gasteiger partial charge in [0.2, 0.25) is 0 Å². The molecule has 0 amide bonds. The van der Waals surface area contributed by atoms with Gasteiger partial charge in [-0.2, -0.15) is 0 Å². The molecule has 1 aromatic carbocycles. The summed E-state index contributed by atoms with van der Waals surface area (Å²) in [5.74, 6) is 1.47. The molecule has 1 aromatic rings. The van der Waals surface area contributed by atoms with E-state index in [2.05, 4.69) is 5.32 Å². The molecule has 0 saturated heterocycles. The Labute approximate surface area is 116 Å². The molecule has 0 fully saturated rings. The average molecular weight is 267 g/mol. The highest BCUT2D eigenvalue weighted by Crippen LogP contribution is 2.30. The van der Waals surface area contributed by atoms with Crippen LogP contribution in [-0.4, -0.2) is 33.5 Å². The van der Waals surface area contributed by atoms with E-state index in [9.17, 15) is 0 Å². The van der Waals surface area contributed by atoms with Gasteiger partial charge in [0.05, 0.1) is 32.5 Å². The lowest BCUT2D eigenvalue weighted by Gasteiger charge is -2.25. The number of rotatable bonds is 6. The summed E-state index contributed by atoms with van der Waals surface area (Å²) in [7, 11) is 5.20. The maximum absolute atomic E-state index is 5.83. The fourth-order valence-electron chi connectivity index (χ4n) is 1.75. The fraction of sp³-hybridized carbons (Fsp3) is 0.600. The summed E-state index contributed by atoms with van der Waals surface area (Å²) in [6.07, 6.45) is 0. The van der Waals surface area contributed by atoms with Crippen molar-refractivity contribution in [2.75, 3.05) is 27.9 Å². The molecule has 0 heterocycles. The van der Waals surface area contributed by atoms with E-state index in [4.69, 9.17) is 14.2 Å². The molecule has 0 saturated carbocycles. The van der Waals surface area contributed by atoms with Crippen LogP contribution in [0.1, 0.15) is 32.4 Å². The smallest absolute Gasteiger partial charge is 0.161 e. The molecule has 19 heavy (non-hydrogen) atoms. The Morgan fingerprint density at radius 2 is 1.74 bits per heavy atom. The van der Waals surface area contributed by atoms with E-state index < -0.39 is 0 Å². The summed E-state index contributed by atoms with van der Waals surface area (Å²) in [5.41, 5.74) is 0.968. The van der Waals surface area contributed by atoms with Crippen LogP contribution in [0.2, 0.25) is 0 Å². The zero-order valence-electron chi connectivity index (χ0n) is 12.7. The van der Waals surface area contributed by atoms with Crippen molar-refractivity contribution >= 4 is 0 Å². The van der Waals surface area contributed by atoms with Crippen molar-refractivity contribution in [1.82, 2.24) is 5.32 Å². The second kappa shape index (κ2) is 6.78. The standard InChI is InChI=1S/C15H25NO3/c1-15(2,3)19-10-12(16-4)11-7-8-13(17-5)14(9-11)18-6/h7-9,12,16H,10H2,1-6H3. The minimum absolute atomic E-state index is 0.124. The molecular weight excluding hydrogens is 242 g/mol. The van der Waals surface area contributed by atoms with E-state index in [1.165, 1.54) is 0 Å². The monoisotopic (exact) mass is 267 g/mol. The van der Waals surface area contributed by atoms with E-state index in [1.807, 2.05) is 46.0 Å². The zero-order chi connectivity index (χ0) is 14.5. The average Bonchev–Trinajstić information content (AvgIpc) is 2.37. The molecule has 1 N–H and O–H groups in total. The number of benzene rings is 1. The maximum Gasteiger partial charge on any atom is 0.161 e. The van der Waals surface area contributed by atoms with Gasteiger partial charge in [0, 0.05) is 0 Å². The molecule has 0 aliphatic rings. The van der Waals surface area contributed by atoms with Crippen LogP contribution in [0.15, 0.2) is 18.2 Å². The quantitative estimate of drug-likeness (QED) is 0.860. The van der Waals surface area contributed by atoms with Crippen LogP contribution in [0, 0.1) is 0 Å². The van der Waals surface area contributed by atoms with Crippen LogP contribution in [0.3, 0.4) is 0 Å². The first-order valence-corrected chi connectivity index (χ1v) is 6.44. The third kappa shape index (κ3) is 4.73. The second-order valence-electron chi connectivity index (χ2n) is 5.38. The molecule has 1 atom stereocenters. The van der Waals surface area contributed by atoms with Crippen LogP contribution in [0.5, 0.6) is 11.5 Å². The molecule has 108 valence electrons. The molecule has 0 spiro atoms. The summed E-state index contributed by atoms with van der Waals surface area (Å²) in [4.78, 5) is 0. The van der Waals surface area contributed by atoms with Crippen LogP contribution < -0.4 is 14.8 Å². The minimum Gasteiger partial charge on any atom is -0.493 e. The van der Waals surface area contributed by atoms with Gasteiger partial charge in [0.15, 0.2) is 11.5 Å². The van der Waals surface area contributed by atoms with Gasteiger partial charge >= 0.3 is 0 Å². The van der Waals surface area contributed by atoms with Gasteiger partial charge in [0.25, 0.3) is 0 Å². The largest absolute Gasteiger partial charge is 0.493 e. The van der Waals surface area contributed by atoms with Crippen molar-refractivity contribution in [2.24, 2.45) is 0 Å². The predicted octanol–water partition coefficient (Wildman–Crippen LogP) is 2.78. The lowest BCUT2D eigenvalue weighted by atomic mass is 10.1. The Kier molecular flexibility index (Phi) is 5.63. The number of hydrogen-bond acceptors (Lipinski definition) is 4. The Bertz CT molecular complexity index is 399. The Morgan fingerprint density at radius 3 is 2.21 bits per heavy atom. The van der Waals surface area contributed by atoms with E-state index in [-0.39, 0.29) is 11.6 Å². The molecule has 0 radical (unpaired) electrons. The van der Waals surface area contributed by atoms with Gasteiger partial charge in [-0.05, 0) is 45.5 Å². The van der Waals surface area contributed by atoms with Crippen molar-refractivity contribution in [1.29, 1.82) is 0 Å². The first-order chi connectivity index (χ1) is 8.91. The maximum atomic E-state index is 5.83. The van der Waals surface area contributed by atoms with E-state index in [0.29, 0.717) is 6.61 Å². The Hall–Kier alpha value is -1.26. The van der Waals surface area contributed by atoms with Gasteiger partial charge in [0.1, 0.15) is 0 Å². The molecule has 0 aliphatic carbocycles. The van der Waals surface area contributed by atoms with Gasteiger partial charge in [-0.1, -0.05) is 6.07 Å². The van der Waals surface area contributed by atoms with Crippen LogP contribution in [0.4, 0.5) is 0 Å². The highest BCUT2D eigenvalue weighted by molar-refractivity contribution is 5.43. The molecular formula is C15H25NO3. The van der Waals surface area contributed by atoms with Gasteiger partial charge in [-0.15, -0.1) is 0 Å². The number of likely N-dealkylation sites (N-methyl/N-ethyl adjacent to an activating group) is 1. The van der Waals surface area contributed by atoms with E-state index in [1.54, 1.807) is 14.2 Å². The first kappa shape index (κ1) is 15.8. The van der Waals surface area contributed by atoms with Crippen molar-refractivity contribution in [3.8, 4) is 11.5 Å². The Morgan fingerprint density at radius 1 is 1.11 bits per heavy atom. The topological polar surface area (TPSA) is 39.7 Å². The van der Waals surface area contributed by atoms with Crippen LogP contribution in [0.25, 0.3) is 0 Å². The number of hydrogen-bond donors (Lipinski definition) is 1. The van der Waals surface area contributed by atoms with Gasteiger partial charge in [-0.25, -0.2) is 0 Å². The summed E-state index contributed by atoms with van der Waals surface area (Å²) < 4.78 is 16.4. The van der Waals surface area contributed by atoms with Crippen molar-refractivity contribution < 1.29 is 14.2 Å². The molecule has 0 aliphatic heterocycles. The molecule has 0 bridgehead atoms. The van der Waals surface area contributed by atoms with Crippen molar-refractivity contribution in [2.45, 2.75) is 32.4 Å². The fourth-order valence-corrected chi connectivity index (χ4v) is 1.75. The van der Waals surface area contributed by atoms with Crippen molar-refractivity contribution in [3.63, 3.8) is 0 Å². The van der Waals surface area contributed by atoms with Crippen molar-refractivity contribution in [3.05, 3.63) is 23.8 Å². The van der Waals surface area contributed by atoms with Crippen LogP contribution >= 0.6 is 0 Å². The summed E-state index contributed by atoms with van der Waals surface area (Å²) in [5, 5.41) is 3.26. The van der Waals surface area contributed by atoms with E-state index in [0.717, 1.165) is 17.1 Å². The molecule has 4 heteroatoms. The molecule has 1 unspecified atom stereocenters. The lowest BCUT2D eigenvalue weighted by molar-refractivity contribution is -0.0139. The normalized spacial score (nSPS) is 13.2. The highest BCUT2D eigenvalue weighted by Gasteiger charge is 2.17. The molecule has 4 nitrogen and oxygen atoms in total. The van der Waals surface area contributed by atoms with E-state index >= 15 is 0 Å². The zero-order valence-corrected chi connectivity index (χ0v) is 12.7. The third-order valence-corrected chi connectivity index (χ3v) is 2.84. The number of methoxy groups -OCH3 is 2. The molecule has 1 rings (SSSR count). The number of nitrogens with one attached hydrogen (secondary N) is 1. The van der Waals surface area contributed by atoms with Gasteiger partial charge < -0.3 is 19.5 Å². The summed E-state index contributed by atoms with van der Waals surface area (Å²) in [6.45, 7) is 6.76. The Balaban J connectivity index is 2.86. The third-order valence-electron chi connectivity index (χ3n) is 2.84. The number of ether oxygens (including phenoxy) is 3. The summed E-state index contributed by atoms with van der Waals surface area (Å²) in [6, 6.07) is 6.04. The second-order valence-corrected chi connectivity index (χ2v) is 5.38.